The van der Waals surface area contributed by atoms with E-state index in [0.717, 1.165) is 59.8 Å². The molecule has 2 fully saturated rings. The number of amides is 5. The van der Waals surface area contributed by atoms with Crippen LogP contribution in [0.2, 0.25) is 5.02 Å². The molecule has 0 bridgehead atoms. The number of hydrogen-bond donors (Lipinski definition) is 2. The van der Waals surface area contributed by atoms with Crippen molar-refractivity contribution in [2.45, 2.75) is 103 Å². The van der Waals surface area contributed by atoms with Gasteiger partial charge in [0.1, 0.15) is 29.4 Å². The molecule has 17 heteroatoms. The summed E-state index contributed by atoms with van der Waals surface area (Å²) >= 11 is 6.21. The van der Waals surface area contributed by atoms with Gasteiger partial charge in [-0.1, -0.05) is 73.1 Å². The molecular formula is C57H72Cl2N8O7. The van der Waals surface area contributed by atoms with Gasteiger partial charge in [0.05, 0.1) is 37.5 Å². The van der Waals surface area contributed by atoms with Gasteiger partial charge in [0.25, 0.3) is 0 Å². The maximum absolute atomic E-state index is 15.2. The number of ether oxygens (including phenoxy) is 2. The Balaban J connectivity index is 0.00000892. The summed E-state index contributed by atoms with van der Waals surface area (Å²) in [5, 5.41) is 6.43. The Morgan fingerprint density at radius 3 is 2.12 bits per heavy atom. The minimum absolute atomic E-state index is 0. The minimum atomic E-state index is -1.17. The highest BCUT2D eigenvalue weighted by molar-refractivity contribution is 6.30. The third kappa shape index (κ3) is 14.7. The van der Waals surface area contributed by atoms with Crippen molar-refractivity contribution in [2.75, 3.05) is 47.4 Å². The van der Waals surface area contributed by atoms with Crippen molar-refractivity contribution in [3.05, 3.63) is 136 Å². The number of likely N-dealkylation sites (tertiary alicyclic amines) is 1. The smallest absolute Gasteiger partial charge is 0.247 e. The van der Waals surface area contributed by atoms with E-state index < -0.39 is 47.8 Å². The van der Waals surface area contributed by atoms with Crippen LogP contribution in [0, 0.1) is 5.92 Å². The van der Waals surface area contributed by atoms with Gasteiger partial charge in [-0.25, -0.2) is 4.98 Å². The van der Waals surface area contributed by atoms with E-state index in [1.807, 2.05) is 105 Å². The molecule has 0 aliphatic carbocycles. The number of imidazole rings is 1. The number of aromatic nitrogens is 2. The molecule has 1 aromatic heterocycles. The lowest BCUT2D eigenvalue weighted by molar-refractivity contribution is -0.147. The first-order valence-electron chi connectivity index (χ1n) is 25.4. The SMILES string of the molecule is CCc1ccc(CN2C(=O)C[C@@H](Cc3ccccc3)C(=O)N(C)[C@@H](C)CNC(=O)C[C@H](Cc3ccc(Cl)cc3)N(C)C(=O)[C@H](COC)NC(=O)[C@@H]2C)c(Oc2ccc(-c3cnc(CN4CCCC4)n3C)cc2)c1.Cl. The van der Waals surface area contributed by atoms with E-state index in [2.05, 4.69) is 27.0 Å². The van der Waals surface area contributed by atoms with Crippen molar-refractivity contribution in [3.8, 4) is 22.8 Å². The number of benzene rings is 4. The molecule has 2 saturated heterocycles. The highest BCUT2D eigenvalue weighted by Crippen LogP contribution is 2.32. The molecule has 3 heterocycles. The van der Waals surface area contributed by atoms with Crippen LogP contribution in [0.3, 0.4) is 0 Å². The maximum Gasteiger partial charge on any atom is 0.247 e. The maximum atomic E-state index is 15.2. The third-order valence-corrected chi connectivity index (χ3v) is 14.7. The number of nitrogens with zero attached hydrogens (tertiary/aromatic N) is 6. The van der Waals surface area contributed by atoms with Gasteiger partial charge in [0.15, 0.2) is 0 Å². The predicted molar refractivity (Wildman–Crippen MR) is 290 cm³/mol. The summed E-state index contributed by atoms with van der Waals surface area (Å²) in [5.41, 5.74) is 5.34. The van der Waals surface area contributed by atoms with E-state index in [4.69, 9.17) is 26.1 Å². The molecule has 74 heavy (non-hydrogen) atoms. The lowest BCUT2D eigenvalue weighted by Gasteiger charge is -2.35. The number of rotatable bonds is 14. The van der Waals surface area contributed by atoms with E-state index in [0.29, 0.717) is 28.5 Å². The number of aryl methyl sites for hydroxylation is 1. The number of carbonyl (C=O) groups excluding carboxylic acids is 5. The van der Waals surface area contributed by atoms with Gasteiger partial charge in [0, 0.05) is 75.9 Å². The van der Waals surface area contributed by atoms with Gasteiger partial charge in [-0.15, -0.1) is 12.4 Å². The Kier molecular flexibility index (Phi) is 20.7. The predicted octanol–water partition coefficient (Wildman–Crippen LogP) is 7.65. The zero-order chi connectivity index (χ0) is 52.2. The second-order valence-corrected chi connectivity index (χ2v) is 20.0. The number of carbonyl (C=O) groups is 5. The molecule has 5 amide bonds. The van der Waals surface area contributed by atoms with Gasteiger partial charge in [0.2, 0.25) is 29.5 Å². The summed E-state index contributed by atoms with van der Waals surface area (Å²) in [6.07, 6.45) is 5.32. The van der Waals surface area contributed by atoms with Crippen LogP contribution in [0.5, 0.6) is 11.5 Å². The molecule has 2 aliphatic rings. The number of nitrogens with one attached hydrogen (secondary N) is 2. The number of methoxy groups -OCH3 is 1. The number of likely N-dealkylation sites (N-methyl/N-ethyl adjacent to an activating group) is 2. The second kappa shape index (κ2) is 26.8. The molecule has 0 spiro atoms. The largest absolute Gasteiger partial charge is 0.457 e. The normalized spacial score (nSPS) is 20.9. The Hall–Kier alpha value is -6.26. The average molecular weight is 1050 g/mol. The monoisotopic (exact) mass is 1050 g/mol. The summed E-state index contributed by atoms with van der Waals surface area (Å²) in [6, 6.07) is 26.9. The zero-order valence-electron chi connectivity index (χ0n) is 43.7. The topological polar surface area (TPSA) is 159 Å². The fourth-order valence-corrected chi connectivity index (χ4v) is 9.72. The first kappa shape index (κ1) is 57.0. The fraction of sp³-hybridized carbons (Fsp3) is 0.439. The van der Waals surface area contributed by atoms with Crippen LogP contribution in [-0.4, -0.2) is 130 Å². The van der Waals surface area contributed by atoms with Crippen LogP contribution in [0.15, 0.2) is 103 Å². The zero-order valence-corrected chi connectivity index (χ0v) is 45.3. The van der Waals surface area contributed by atoms with Gasteiger partial charge in [-0.05, 0) is 118 Å². The molecule has 7 rings (SSSR count). The van der Waals surface area contributed by atoms with E-state index in [9.17, 15) is 19.2 Å². The van der Waals surface area contributed by atoms with Crippen LogP contribution >= 0.6 is 24.0 Å². The fourth-order valence-electron chi connectivity index (χ4n) is 9.60. The van der Waals surface area contributed by atoms with Crippen molar-refractivity contribution in [1.29, 1.82) is 0 Å². The van der Waals surface area contributed by atoms with Crippen LogP contribution in [-0.2, 0) is 68.1 Å². The molecular weight excluding hydrogens is 980 g/mol. The van der Waals surface area contributed by atoms with Crippen molar-refractivity contribution < 1.29 is 33.4 Å². The van der Waals surface area contributed by atoms with Crippen LogP contribution in [0.1, 0.15) is 74.5 Å². The number of hydrogen-bond acceptors (Lipinski definition) is 9. The number of halogens is 2. The van der Waals surface area contributed by atoms with Crippen LogP contribution in [0.25, 0.3) is 11.3 Å². The molecule has 5 atom stereocenters. The lowest BCUT2D eigenvalue weighted by Crippen LogP contribution is -2.57. The summed E-state index contributed by atoms with van der Waals surface area (Å²) in [4.78, 5) is 84.4. The highest BCUT2D eigenvalue weighted by Gasteiger charge is 2.36. The quantitative estimate of drug-likeness (QED) is 0.114. The third-order valence-electron chi connectivity index (χ3n) is 14.4. The summed E-state index contributed by atoms with van der Waals surface area (Å²) in [6.45, 7) is 8.39. The standard InChI is InChI=1S/C57H71ClN8O7.ClH/c1-8-40-16-19-44(51(30-40)73-48-24-20-43(21-25-48)50-34-59-52(64(50)6)36-65-26-12-13-27-65)35-66-39(3)55(69)61-49(37-72-7)57(71)63(5)47(29-42-17-22-46(58)23-18-42)32-53(67)60-33-38(2)62(4)56(70)45(31-54(66)68)28-41-14-10-9-11-15-41;/h9-11,14-25,30,34,38-39,45,47,49H,8,12-13,26-29,31-33,35-37H2,1-7H3,(H,60,67)(H,61,69);1H/t38-,39-,45+,47-,49-;/m0./s1. The van der Waals surface area contributed by atoms with E-state index in [1.54, 1.807) is 38.1 Å². The molecule has 0 unspecified atom stereocenters. The highest BCUT2D eigenvalue weighted by atomic mass is 35.5. The van der Waals surface area contributed by atoms with Gasteiger partial charge < -0.3 is 39.4 Å². The van der Waals surface area contributed by atoms with E-state index >= 15 is 4.79 Å². The molecule has 15 nitrogen and oxygen atoms in total. The van der Waals surface area contributed by atoms with E-state index in [-0.39, 0.29) is 63.2 Å². The Labute approximate surface area is 447 Å². The van der Waals surface area contributed by atoms with Gasteiger partial charge >= 0.3 is 0 Å². The average Bonchev–Trinajstić information content (AvgIpc) is 4.05. The molecule has 0 saturated carbocycles. The molecule has 4 aromatic carbocycles. The minimum Gasteiger partial charge on any atom is -0.457 e. The van der Waals surface area contributed by atoms with Gasteiger partial charge in [-0.3, -0.25) is 28.9 Å². The van der Waals surface area contributed by atoms with Crippen molar-refractivity contribution in [2.24, 2.45) is 13.0 Å². The second-order valence-electron chi connectivity index (χ2n) is 19.6. The van der Waals surface area contributed by atoms with Crippen LogP contribution in [0.4, 0.5) is 0 Å². The molecule has 0 radical (unpaired) electrons. The molecule has 2 N–H and O–H groups in total. The first-order valence-corrected chi connectivity index (χ1v) is 25.8. The Bertz CT molecular complexity index is 2680. The summed E-state index contributed by atoms with van der Waals surface area (Å²) < 4.78 is 14.3. The Morgan fingerprint density at radius 1 is 0.770 bits per heavy atom. The first-order chi connectivity index (χ1) is 35.1. The summed E-state index contributed by atoms with van der Waals surface area (Å²) in [7, 11) is 6.76. The molecule has 2 aliphatic heterocycles. The van der Waals surface area contributed by atoms with E-state index in [1.165, 1.54) is 29.8 Å². The summed E-state index contributed by atoms with van der Waals surface area (Å²) in [5.74, 6) is -0.860. The van der Waals surface area contributed by atoms with Crippen molar-refractivity contribution in [1.82, 2.24) is 39.8 Å². The van der Waals surface area contributed by atoms with Crippen LogP contribution < -0.4 is 15.4 Å². The Morgan fingerprint density at radius 2 is 1.45 bits per heavy atom. The van der Waals surface area contributed by atoms with Crippen molar-refractivity contribution >= 4 is 53.5 Å². The molecule has 396 valence electrons. The molecule has 5 aromatic rings. The lowest BCUT2D eigenvalue weighted by atomic mass is 9.93. The van der Waals surface area contributed by atoms with Crippen molar-refractivity contribution in [3.63, 3.8) is 0 Å². The van der Waals surface area contributed by atoms with Gasteiger partial charge in [-0.2, -0.15) is 0 Å².